The summed E-state index contributed by atoms with van der Waals surface area (Å²) < 4.78 is 0. The van der Waals surface area contributed by atoms with Crippen molar-refractivity contribution < 1.29 is 14.7 Å². The number of hydrogen-bond acceptors (Lipinski definition) is 2. The number of ketones is 1. The Morgan fingerprint density at radius 1 is 1.17 bits per heavy atom. The number of rotatable bonds is 4. The van der Waals surface area contributed by atoms with E-state index in [1.54, 1.807) is 0 Å². The lowest BCUT2D eigenvalue weighted by atomic mass is 9.89. The summed E-state index contributed by atoms with van der Waals surface area (Å²) >= 11 is 0. The van der Waals surface area contributed by atoms with Crippen molar-refractivity contribution >= 4 is 11.8 Å². The first-order valence-electron chi connectivity index (χ1n) is 4.05. The number of carbonyl (C=O) groups excluding carboxylic acids is 1. The smallest absolute Gasteiger partial charge is 0.303 e. The Kier molecular flexibility index (Phi) is 3.93. The fourth-order valence-electron chi connectivity index (χ4n) is 0.926. The van der Waals surface area contributed by atoms with Gasteiger partial charge in [-0.2, -0.15) is 0 Å². The minimum absolute atomic E-state index is 0.0322. The first-order valence-corrected chi connectivity index (χ1v) is 4.05. The molecular weight excluding hydrogens is 156 g/mol. The molecule has 0 radical (unpaired) electrons. The number of carboxylic acid groups (broad SMARTS) is 1. The summed E-state index contributed by atoms with van der Waals surface area (Å²) in [5.74, 6) is -0.873. The van der Waals surface area contributed by atoms with Crippen LogP contribution in [0.1, 0.15) is 40.0 Å². The average molecular weight is 172 g/mol. The van der Waals surface area contributed by atoms with E-state index in [2.05, 4.69) is 0 Å². The summed E-state index contributed by atoms with van der Waals surface area (Å²) in [4.78, 5) is 21.2. The summed E-state index contributed by atoms with van der Waals surface area (Å²) in [6.45, 7) is 5.89. The molecule has 0 saturated heterocycles. The van der Waals surface area contributed by atoms with Crippen LogP contribution in [0.4, 0.5) is 0 Å². The molecule has 12 heavy (non-hydrogen) atoms. The van der Waals surface area contributed by atoms with Crippen LogP contribution in [0.2, 0.25) is 0 Å². The molecular formula is C9H16O3. The first-order chi connectivity index (χ1) is 5.31. The normalized spacial score (nSPS) is 11.2. The van der Waals surface area contributed by atoms with E-state index in [0.29, 0.717) is 6.42 Å². The Morgan fingerprint density at radius 3 is 2.00 bits per heavy atom. The molecule has 0 fully saturated rings. The largest absolute Gasteiger partial charge is 0.481 e. The Labute approximate surface area is 72.8 Å². The highest BCUT2D eigenvalue weighted by Crippen LogP contribution is 2.19. The third kappa shape index (κ3) is 7.25. The third-order valence-electron chi connectivity index (χ3n) is 1.35. The van der Waals surface area contributed by atoms with Gasteiger partial charge in [0.2, 0.25) is 0 Å². The van der Waals surface area contributed by atoms with Gasteiger partial charge in [0, 0.05) is 12.8 Å². The van der Waals surface area contributed by atoms with Gasteiger partial charge in [0.25, 0.3) is 0 Å². The molecule has 1 N–H and O–H groups in total. The highest BCUT2D eigenvalue weighted by molar-refractivity contribution is 5.82. The zero-order valence-corrected chi connectivity index (χ0v) is 7.89. The standard InChI is InChI=1S/C9H16O3/c1-9(2,3)6-7(10)4-5-8(11)12/h4-6H2,1-3H3,(H,11,12). The summed E-state index contributed by atoms with van der Waals surface area (Å²) in [6.07, 6.45) is 0.571. The zero-order chi connectivity index (χ0) is 9.78. The second-order valence-electron chi connectivity index (χ2n) is 4.17. The Hall–Kier alpha value is -0.860. The van der Waals surface area contributed by atoms with Gasteiger partial charge in [-0.05, 0) is 5.41 Å². The van der Waals surface area contributed by atoms with Crippen LogP contribution >= 0.6 is 0 Å². The van der Waals surface area contributed by atoms with Crippen molar-refractivity contribution in [2.75, 3.05) is 0 Å². The first kappa shape index (κ1) is 11.1. The van der Waals surface area contributed by atoms with Gasteiger partial charge in [-0.3, -0.25) is 9.59 Å². The van der Waals surface area contributed by atoms with E-state index in [-0.39, 0.29) is 24.0 Å². The van der Waals surface area contributed by atoms with Crippen molar-refractivity contribution in [3.05, 3.63) is 0 Å². The number of carbonyl (C=O) groups is 2. The summed E-state index contributed by atoms with van der Waals surface area (Å²) in [5, 5.41) is 8.31. The van der Waals surface area contributed by atoms with Crippen molar-refractivity contribution in [1.29, 1.82) is 0 Å². The van der Waals surface area contributed by atoms with E-state index in [1.807, 2.05) is 20.8 Å². The van der Waals surface area contributed by atoms with Crippen LogP contribution in [-0.4, -0.2) is 16.9 Å². The fourth-order valence-corrected chi connectivity index (χ4v) is 0.926. The molecule has 0 bridgehead atoms. The Bertz CT molecular complexity index is 177. The van der Waals surface area contributed by atoms with Crippen LogP contribution < -0.4 is 0 Å². The number of aliphatic carboxylic acids is 1. The molecule has 0 atom stereocenters. The van der Waals surface area contributed by atoms with E-state index in [1.165, 1.54) is 0 Å². The minimum atomic E-state index is -0.905. The molecule has 0 amide bonds. The highest BCUT2D eigenvalue weighted by Gasteiger charge is 2.16. The maximum atomic E-state index is 11.1. The van der Waals surface area contributed by atoms with E-state index >= 15 is 0 Å². The highest BCUT2D eigenvalue weighted by atomic mass is 16.4. The molecule has 0 unspecified atom stereocenters. The molecule has 0 saturated carbocycles. The molecule has 0 aliphatic carbocycles. The molecule has 3 nitrogen and oxygen atoms in total. The van der Waals surface area contributed by atoms with Gasteiger partial charge in [-0.1, -0.05) is 20.8 Å². The summed E-state index contributed by atoms with van der Waals surface area (Å²) in [6, 6.07) is 0. The zero-order valence-electron chi connectivity index (χ0n) is 7.89. The molecule has 0 aromatic heterocycles. The lowest BCUT2D eigenvalue weighted by Gasteiger charge is -2.16. The Balaban J connectivity index is 3.68. The van der Waals surface area contributed by atoms with Crippen LogP contribution in [0.5, 0.6) is 0 Å². The third-order valence-corrected chi connectivity index (χ3v) is 1.35. The Morgan fingerprint density at radius 2 is 1.67 bits per heavy atom. The van der Waals surface area contributed by atoms with E-state index < -0.39 is 5.97 Å². The van der Waals surface area contributed by atoms with Crippen molar-refractivity contribution in [3.8, 4) is 0 Å². The number of carboxylic acids is 1. The second-order valence-corrected chi connectivity index (χ2v) is 4.17. The molecule has 0 aromatic rings. The SMILES string of the molecule is CC(C)(C)CC(=O)CCC(=O)O. The predicted octanol–water partition coefficient (Wildman–Crippen LogP) is 1.86. The monoisotopic (exact) mass is 172 g/mol. The molecule has 0 aromatic carbocycles. The lowest BCUT2D eigenvalue weighted by molar-refractivity contribution is -0.138. The molecule has 0 aliphatic rings. The minimum Gasteiger partial charge on any atom is -0.481 e. The number of hydrogen-bond donors (Lipinski definition) is 1. The summed E-state index contributed by atoms with van der Waals surface area (Å²) in [7, 11) is 0. The van der Waals surface area contributed by atoms with Crippen LogP contribution in [0, 0.1) is 5.41 Å². The van der Waals surface area contributed by atoms with E-state index in [9.17, 15) is 9.59 Å². The molecule has 0 aliphatic heterocycles. The van der Waals surface area contributed by atoms with Crippen molar-refractivity contribution in [2.24, 2.45) is 5.41 Å². The molecule has 0 rings (SSSR count). The van der Waals surface area contributed by atoms with Crippen LogP contribution in [0.3, 0.4) is 0 Å². The quantitative estimate of drug-likeness (QED) is 0.704. The van der Waals surface area contributed by atoms with Crippen LogP contribution in [0.25, 0.3) is 0 Å². The second kappa shape index (κ2) is 4.24. The molecule has 0 spiro atoms. The number of Topliss-reactive ketones (excluding diaryl/α,β-unsaturated/α-hetero) is 1. The average Bonchev–Trinajstić information content (AvgIpc) is 1.79. The van der Waals surface area contributed by atoms with Gasteiger partial charge in [0.15, 0.2) is 0 Å². The molecule has 0 heterocycles. The van der Waals surface area contributed by atoms with E-state index in [0.717, 1.165) is 0 Å². The van der Waals surface area contributed by atoms with Crippen LogP contribution in [0.15, 0.2) is 0 Å². The van der Waals surface area contributed by atoms with Crippen molar-refractivity contribution in [2.45, 2.75) is 40.0 Å². The molecule has 3 heteroatoms. The van der Waals surface area contributed by atoms with E-state index in [4.69, 9.17) is 5.11 Å². The van der Waals surface area contributed by atoms with Gasteiger partial charge in [-0.25, -0.2) is 0 Å². The predicted molar refractivity (Wildman–Crippen MR) is 45.9 cm³/mol. The lowest BCUT2D eigenvalue weighted by Crippen LogP contribution is -2.13. The van der Waals surface area contributed by atoms with Gasteiger partial charge in [0.05, 0.1) is 6.42 Å². The van der Waals surface area contributed by atoms with Crippen LogP contribution in [-0.2, 0) is 9.59 Å². The van der Waals surface area contributed by atoms with Gasteiger partial charge < -0.3 is 5.11 Å². The van der Waals surface area contributed by atoms with Gasteiger partial charge in [-0.15, -0.1) is 0 Å². The molecule has 70 valence electrons. The topological polar surface area (TPSA) is 54.4 Å². The maximum Gasteiger partial charge on any atom is 0.303 e. The fraction of sp³-hybridized carbons (Fsp3) is 0.778. The maximum absolute atomic E-state index is 11.1. The summed E-state index contributed by atoms with van der Waals surface area (Å²) in [5.41, 5.74) is -0.0322. The van der Waals surface area contributed by atoms with Gasteiger partial charge >= 0.3 is 5.97 Å². The van der Waals surface area contributed by atoms with Crippen molar-refractivity contribution in [3.63, 3.8) is 0 Å². The van der Waals surface area contributed by atoms with Gasteiger partial charge in [0.1, 0.15) is 5.78 Å². The van der Waals surface area contributed by atoms with Crippen molar-refractivity contribution in [1.82, 2.24) is 0 Å².